The molecule has 0 saturated heterocycles. The molecule has 1 aromatic heterocycles. The Kier molecular flexibility index (Phi) is 17.1. The molecule has 1 aromatic rings. The first-order valence-electron chi connectivity index (χ1n) is 10.8. The van der Waals surface area contributed by atoms with E-state index in [1.54, 1.807) is 0 Å². The van der Waals surface area contributed by atoms with Gasteiger partial charge in [0.2, 0.25) is 0 Å². The molecule has 39 heavy (non-hydrogen) atoms. The smallest absolute Gasteiger partial charge is 0.858 e. The monoisotopic (exact) mass is 642 g/mol. The molecule has 0 aliphatic carbocycles. The number of amides is 1. The van der Waals surface area contributed by atoms with Gasteiger partial charge in [-0.15, -0.1) is 0 Å². The molecule has 1 amide bonds. The van der Waals surface area contributed by atoms with E-state index < -0.39 is 78.0 Å². The number of hydrazone groups is 1. The molecule has 20 heteroatoms. The van der Waals surface area contributed by atoms with Crippen LogP contribution >= 0.6 is 0 Å². The molecule has 0 atom stereocenters. The van der Waals surface area contributed by atoms with E-state index in [4.69, 9.17) is 14.0 Å². The van der Waals surface area contributed by atoms with Crippen LogP contribution in [-0.4, -0.2) is 95.6 Å². The molecule has 0 saturated carbocycles. The molecule has 0 unspecified atom stereocenters. The molecule has 1 aliphatic rings. The Morgan fingerprint density at radius 2 is 1.56 bits per heavy atom. The molecule has 1 N–H and O–H groups in total. The molecule has 206 valence electrons. The number of hydrogen-bond acceptors (Lipinski definition) is 13. The summed E-state index contributed by atoms with van der Waals surface area (Å²) in [6.45, 7) is 2.11. The largest absolute Gasteiger partial charge is 1.00 e. The van der Waals surface area contributed by atoms with Gasteiger partial charge in [0.25, 0.3) is 16.0 Å². The molecule has 0 aromatic carbocycles. The fraction of sp³-hybridized carbons (Fsp3) is 0.526. The van der Waals surface area contributed by atoms with E-state index in [1.807, 2.05) is 0 Å². The van der Waals surface area contributed by atoms with Crippen molar-refractivity contribution in [3.05, 3.63) is 16.8 Å². The van der Waals surface area contributed by atoms with Crippen LogP contribution in [0.4, 0.5) is 0 Å². The van der Waals surface area contributed by atoms with E-state index in [1.165, 1.54) is 13.8 Å². The number of carbonyl (C=O) groups excluding carboxylic acids is 3. The van der Waals surface area contributed by atoms with Crippen molar-refractivity contribution < 1.29 is 158 Å². The predicted octanol–water partition coefficient (Wildman–Crippen LogP) is -7.50. The Bertz CT molecular complexity index is 1340. The molecule has 2 heterocycles. The van der Waals surface area contributed by atoms with Gasteiger partial charge in [-0.2, -0.15) is 18.6 Å². The van der Waals surface area contributed by atoms with Gasteiger partial charge in [-0.05, 0) is 38.6 Å². The van der Waals surface area contributed by atoms with Crippen LogP contribution in [0.3, 0.4) is 0 Å². The summed E-state index contributed by atoms with van der Waals surface area (Å²) in [5, 5.41) is 21.4. The Morgan fingerprint density at radius 1 is 1.00 bits per heavy atom. The van der Waals surface area contributed by atoms with Crippen LogP contribution in [-0.2, 0) is 45.8 Å². The quantitative estimate of drug-likeness (QED) is 0.0912. The molecule has 1 aliphatic heterocycles. The number of hydrogen-bond donors (Lipinski definition) is 1. The summed E-state index contributed by atoms with van der Waals surface area (Å²) in [7, 11) is -8.90. The van der Waals surface area contributed by atoms with Crippen molar-refractivity contribution in [1.29, 1.82) is 0 Å². The van der Waals surface area contributed by atoms with Gasteiger partial charge in [0.1, 0.15) is 0 Å². The topological polar surface area (TPSA) is 238 Å². The Hall–Kier alpha value is -0.0773. The van der Waals surface area contributed by atoms with Crippen molar-refractivity contribution in [2.75, 3.05) is 31.3 Å². The van der Waals surface area contributed by atoms with E-state index in [2.05, 4.69) is 10.2 Å². The van der Waals surface area contributed by atoms with Crippen LogP contribution in [0.5, 0.6) is 5.88 Å². The van der Waals surface area contributed by atoms with Crippen molar-refractivity contribution >= 4 is 49.9 Å². The SMILES string of the molecule is CCOC(=O)C1=NN(CCCS(=O)(=O)O)C(=O)/C1=C\c1c(C(=O)OCC)nn(CCCS(=O)(=O)[O-])c1[O-].[K+].[K+]. The third-order valence-electron chi connectivity index (χ3n) is 4.64. The van der Waals surface area contributed by atoms with Crippen molar-refractivity contribution in [3.8, 4) is 5.88 Å². The molecule has 2 rings (SSSR count). The van der Waals surface area contributed by atoms with Crippen LogP contribution in [0.2, 0.25) is 0 Å². The first kappa shape index (κ1) is 38.9. The Morgan fingerprint density at radius 3 is 2.10 bits per heavy atom. The van der Waals surface area contributed by atoms with E-state index in [0.29, 0.717) is 4.68 Å². The van der Waals surface area contributed by atoms with Crippen molar-refractivity contribution in [3.63, 3.8) is 0 Å². The first-order valence-corrected chi connectivity index (χ1v) is 14.0. The third kappa shape index (κ3) is 12.0. The van der Waals surface area contributed by atoms with Crippen LogP contribution in [0.15, 0.2) is 10.7 Å². The van der Waals surface area contributed by atoms with Gasteiger partial charge in [-0.1, -0.05) is 0 Å². The van der Waals surface area contributed by atoms with E-state index >= 15 is 0 Å². The minimum Gasteiger partial charge on any atom is -0.858 e. The molecule has 0 bridgehead atoms. The number of aryl methyl sites for hydroxylation is 1. The van der Waals surface area contributed by atoms with Crippen molar-refractivity contribution in [1.82, 2.24) is 14.8 Å². The van der Waals surface area contributed by atoms with Gasteiger partial charge in [0.05, 0.1) is 34.7 Å². The average molecular weight is 643 g/mol. The summed E-state index contributed by atoms with van der Waals surface area (Å²) in [6, 6.07) is 0. The summed E-state index contributed by atoms with van der Waals surface area (Å²) in [4.78, 5) is 37.8. The normalized spacial score (nSPS) is 14.5. The van der Waals surface area contributed by atoms with Gasteiger partial charge in [-0.3, -0.25) is 14.0 Å². The Labute approximate surface area is 309 Å². The van der Waals surface area contributed by atoms with Gasteiger partial charge < -0.3 is 19.1 Å². The zero-order valence-electron chi connectivity index (χ0n) is 21.8. The predicted molar refractivity (Wildman–Crippen MR) is 122 cm³/mol. The van der Waals surface area contributed by atoms with Crippen molar-refractivity contribution in [2.24, 2.45) is 5.10 Å². The summed E-state index contributed by atoms with van der Waals surface area (Å²) in [6.07, 6.45) is 0.346. The number of nitrogens with zero attached hydrogens (tertiary/aromatic N) is 4. The second-order valence-corrected chi connectivity index (χ2v) is 10.5. The van der Waals surface area contributed by atoms with Crippen LogP contribution in [0.25, 0.3) is 6.08 Å². The third-order valence-corrected chi connectivity index (χ3v) is 6.24. The maximum atomic E-state index is 13.0. The number of carbonyl (C=O) groups is 3. The average Bonchev–Trinajstić information content (AvgIpc) is 3.25. The zero-order valence-corrected chi connectivity index (χ0v) is 29.7. The fourth-order valence-electron chi connectivity index (χ4n) is 3.12. The molecule has 0 spiro atoms. The second kappa shape index (κ2) is 17.1. The van der Waals surface area contributed by atoms with Crippen molar-refractivity contribution in [2.45, 2.75) is 33.2 Å². The number of ether oxygens (including phenoxy) is 2. The van der Waals surface area contributed by atoms with Gasteiger partial charge in [-0.25, -0.2) is 23.0 Å². The van der Waals surface area contributed by atoms with E-state index in [9.17, 15) is 40.9 Å². The van der Waals surface area contributed by atoms with Gasteiger partial charge in [0.15, 0.2) is 11.4 Å². The Balaban J connectivity index is 0.00000722. The van der Waals surface area contributed by atoms with Crippen LogP contribution < -0.4 is 108 Å². The molecule has 0 radical (unpaired) electrons. The number of aromatic nitrogens is 2. The first-order chi connectivity index (χ1) is 17.2. The molecular weight excluding hydrogens is 619 g/mol. The van der Waals surface area contributed by atoms with E-state index in [-0.39, 0.29) is 142 Å². The summed E-state index contributed by atoms with van der Waals surface area (Å²) < 4.78 is 73.9. The van der Waals surface area contributed by atoms with E-state index in [0.717, 1.165) is 11.1 Å². The maximum absolute atomic E-state index is 13.0. The number of esters is 2. The molecular formula is C19H24K2N4O12S2. The fourth-order valence-corrected chi connectivity index (χ4v) is 4.09. The molecule has 16 nitrogen and oxygen atoms in total. The van der Waals surface area contributed by atoms with Gasteiger partial charge in [0, 0.05) is 24.4 Å². The standard InChI is InChI=1S/C19H26N4O12S2.2K/c1-3-34-18(26)14-12(16(24)22(20-14)7-5-9-36(28,29)30)11-13-15(19(27)35-4-2)21-23(17(13)25)8-6-10-37(31,32)33;;/h11,24H,3-10H2,1-2H3,(H,28,29,30)(H,31,32,33);;/q;2*+1/p-2/b13-11-;;. The zero-order chi connectivity index (χ0) is 28.0. The summed E-state index contributed by atoms with van der Waals surface area (Å²) >= 11 is 0. The second-order valence-electron chi connectivity index (χ2n) is 7.42. The summed E-state index contributed by atoms with van der Waals surface area (Å²) in [5.74, 6) is -5.46. The number of rotatable bonds is 13. The van der Waals surface area contributed by atoms with Gasteiger partial charge >= 0.3 is 115 Å². The minimum atomic E-state index is -4.57. The minimum absolute atomic E-state index is 0. The van der Waals surface area contributed by atoms with Crippen LogP contribution in [0, 0.1) is 0 Å². The summed E-state index contributed by atoms with van der Waals surface area (Å²) in [5.41, 5.74) is -2.00. The van der Waals surface area contributed by atoms with Crippen LogP contribution in [0.1, 0.15) is 42.7 Å². The molecule has 0 fully saturated rings. The maximum Gasteiger partial charge on any atom is 1.00 e.